The number of benzene rings is 2. The number of piperidine rings is 3. The molecule has 1 N–H and O–H groups in total. The van der Waals surface area contributed by atoms with Crippen molar-refractivity contribution >= 4 is 35.4 Å². The Bertz CT molecular complexity index is 1700. The quantitative estimate of drug-likeness (QED) is 0.355. The number of rotatable bonds is 9. The van der Waals surface area contributed by atoms with Crippen LogP contribution in [0.5, 0.6) is 5.75 Å². The van der Waals surface area contributed by atoms with E-state index in [1.165, 1.54) is 0 Å². The van der Waals surface area contributed by atoms with E-state index in [-0.39, 0.29) is 30.4 Å². The second-order valence-electron chi connectivity index (χ2n) is 15.9. The summed E-state index contributed by atoms with van der Waals surface area (Å²) in [4.78, 5) is 63.2. The smallest absolute Gasteiger partial charge is 0.410 e. The first-order valence-corrected chi connectivity index (χ1v) is 20.4. The van der Waals surface area contributed by atoms with E-state index in [2.05, 4.69) is 41.2 Å². The number of nitrogens with one attached hydrogen (secondary N) is 1. The maximum Gasteiger partial charge on any atom is 0.410 e. The van der Waals surface area contributed by atoms with E-state index in [1.54, 1.807) is 4.90 Å². The van der Waals surface area contributed by atoms with Gasteiger partial charge in [0.2, 0.25) is 0 Å². The summed E-state index contributed by atoms with van der Waals surface area (Å²) < 4.78 is 17.4. The lowest BCUT2D eigenvalue weighted by Crippen LogP contribution is -2.52. The zero-order valence-electron chi connectivity index (χ0n) is 32.8. The molecule has 298 valence electrons. The SMILES string of the molecule is CCOC(=O)CN1CCC(C2CCN(C(=O)[C@@H](Cc3cc(C)c4c(c3)OCCN4C)OC(=O)N3CCC(N4CCc5ccccc5NC4=O)CC3)CC2)CC1. The first-order valence-electron chi connectivity index (χ1n) is 20.4. The maximum absolute atomic E-state index is 14.3. The Kier molecular flexibility index (Phi) is 12.3. The largest absolute Gasteiger partial charge is 0.490 e. The number of likely N-dealkylation sites (tertiary alicyclic amines) is 3. The topological polar surface area (TPSA) is 124 Å². The summed E-state index contributed by atoms with van der Waals surface area (Å²) in [5.41, 5.74) is 4.99. The van der Waals surface area contributed by atoms with Gasteiger partial charge < -0.3 is 39.1 Å². The van der Waals surface area contributed by atoms with Crippen LogP contribution in [0, 0.1) is 18.8 Å². The van der Waals surface area contributed by atoms with Crippen LogP contribution in [0.4, 0.5) is 21.0 Å². The van der Waals surface area contributed by atoms with Crippen molar-refractivity contribution in [2.75, 3.05) is 89.4 Å². The molecule has 3 fully saturated rings. The number of fused-ring (bicyclic) bond motifs is 2. The number of likely N-dealkylation sites (N-methyl/N-ethyl adjacent to an activating group) is 1. The predicted octanol–water partition coefficient (Wildman–Crippen LogP) is 4.94. The molecule has 0 radical (unpaired) electrons. The summed E-state index contributed by atoms with van der Waals surface area (Å²) in [6, 6.07) is 11.9. The van der Waals surface area contributed by atoms with Crippen LogP contribution < -0.4 is 15.0 Å². The zero-order valence-corrected chi connectivity index (χ0v) is 32.8. The first kappa shape index (κ1) is 38.7. The van der Waals surface area contributed by atoms with Crippen molar-refractivity contribution < 1.29 is 33.4 Å². The highest BCUT2D eigenvalue weighted by Gasteiger charge is 2.37. The molecule has 0 spiro atoms. The van der Waals surface area contributed by atoms with Gasteiger partial charge in [0.1, 0.15) is 12.4 Å². The number of aryl methyl sites for hydroxylation is 1. The molecule has 2 aromatic rings. The van der Waals surface area contributed by atoms with Gasteiger partial charge in [-0.2, -0.15) is 0 Å². The van der Waals surface area contributed by atoms with E-state index in [4.69, 9.17) is 14.2 Å². The van der Waals surface area contributed by atoms with E-state index in [0.29, 0.717) is 77.2 Å². The molecular formula is C42H58N6O7. The first-order chi connectivity index (χ1) is 26.7. The van der Waals surface area contributed by atoms with Crippen LogP contribution in [0.15, 0.2) is 36.4 Å². The van der Waals surface area contributed by atoms with Crippen LogP contribution in [-0.2, 0) is 31.9 Å². The van der Waals surface area contributed by atoms with Crippen molar-refractivity contribution in [1.82, 2.24) is 19.6 Å². The Labute approximate surface area is 325 Å². The lowest BCUT2D eigenvalue weighted by atomic mass is 9.78. The van der Waals surface area contributed by atoms with E-state index < -0.39 is 12.2 Å². The van der Waals surface area contributed by atoms with Crippen molar-refractivity contribution in [3.63, 3.8) is 0 Å². The fourth-order valence-corrected chi connectivity index (χ4v) is 9.40. The minimum absolute atomic E-state index is 0.0125. The monoisotopic (exact) mass is 758 g/mol. The molecule has 0 bridgehead atoms. The van der Waals surface area contributed by atoms with Crippen molar-refractivity contribution in [3.05, 3.63) is 53.1 Å². The summed E-state index contributed by atoms with van der Waals surface area (Å²) in [6.07, 6.45) is 4.77. The van der Waals surface area contributed by atoms with Crippen molar-refractivity contribution in [2.45, 2.75) is 77.4 Å². The molecule has 5 aliphatic rings. The summed E-state index contributed by atoms with van der Waals surface area (Å²) in [5, 5.41) is 3.07. The van der Waals surface area contributed by atoms with Gasteiger partial charge in [0.25, 0.3) is 5.91 Å². The highest BCUT2D eigenvalue weighted by atomic mass is 16.6. The predicted molar refractivity (Wildman–Crippen MR) is 209 cm³/mol. The third-order valence-corrected chi connectivity index (χ3v) is 12.4. The third kappa shape index (κ3) is 9.14. The maximum atomic E-state index is 14.3. The molecule has 0 saturated carbocycles. The number of carbonyl (C=O) groups is 4. The average molecular weight is 759 g/mol. The lowest BCUT2D eigenvalue weighted by molar-refractivity contribution is -0.144. The molecule has 13 nitrogen and oxygen atoms in total. The second kappa shape index (κ2) is 17.5. The van der Waals surface area contributed by atoms with Gasteiger partial charge in [-0.25, -0.2) is 9.59 Å². The summed E-state index contributed by atoms with van der Waals surface area (Å²) >= 11 is 0. The number of para-hydroxylation sites is 1. The normalized spacial score (nSPS) is 20.8. The van der Waals surface area contributed by atoms with Gasteiger partial charge in [-0.15, -0.1) is 0 Å². The number of nitrogens with zero attached hydrogens (tertiary/aromatic N) is 5. The lowest BCUT2D eigenvalue weighted by Gasteiger charge is -2.41. The molecule has 5 heterocycles. The van der Waals surface area contributed by atoms with Gasteiger partial charge in [-0.05, 0) is 113 Å². The molecule has 0 aliphatic carbocycles. The van der Waals surface area contributed by atoms with Crippen LogP contribution in [-0.4, -0.2) is 135 Å². The minimum atomic E-state index is -0.971. The molecule has 0 aromatic heterocycles. The van der Waals surface area contributed by atoms with Crippen LogP contribution in [0.3, 0.4) is 0 Å². The Morgan fingerprint density at radius 3 is 2.31 bits per heavy atom. The van der Waals surface area contributed by atoms with Gasteiger partial charge in [-0.3, -0.25) is 14.5 Å². The Balaban J connectivity index is 0.976. The van der Waals surface area contributed by atoms with Crippen LogP contribution >= 0.6 is 0 Å². The fraction of sp³-hybridized carbons (Fsp3) is 0.619. The number of amides is 4. The third-order valence-electron chi connectivity index (χ3n) is 12.4. The van der Waals surface area contributed by atoms with Crippen molar-refractivity contribution in [2.24, 2.45) is 11.8 Å². The summed E-state index contributed by atoms with van der Waals surface area (Å²) in [6.45, 7) is 10.6. The number of ether oxygens (including phenoxy) is 3. The Morgan fingerprint density at radius 2 is 1.58 bits per heavy atom. The van der Waals surface area contributed by atoms with E-state index in [0.717, 1.165) is 85.6 Å². The number of urea groups is 1. The molecule has 4 amide bonds. The Morgan fingerprint density at radius 1 is 0.891 bits per heavy atom. The fourth-order valence-electron chi connectivity index (χ4n) is 9.40. The Hall–Kier alpha value is -4.52. The molecule has 2 aromatic carbocycles. The second-order valence-corrected chi connectivity index (χ2v) is 15.9. The minimum Gasteiger partial charge on any atom is -0.490 e. The standard InChI is InChI=1S/C42H58N6O7/c1-4-53-38(49)28-45-16-9-31(10-17-45)32-11-18-46(19-12-32)40(50)37(27-30-25-29(2)39-36(26-30)54-24-23-44(39)3)55-42(52)47-20-14-34(15-21-47)48-22-13-33-7-5-6-8-35(33)43-41(48)51/h5-8,25-26,31-32,34,37H,4,9-24,27-28H2,1-3H3,(H,43,51)/t37-/m1/s1. The number of esters is 1. The van der Waals surface area contributed by atoms with E-state index in [9.17, 15) is 19.2 Å². The van der Waals surface area contributed by atoms with Crippen LogP contribution in [0.2, 0.25) is 0 Å². The zero-order chi connectivity index (χ0) is 38.5. The van der Waals surface area contributed by atoms with Crippen LogP contribution in [0.1, 0.15) is 62.1 Å². The molecule has 3 saturated heterocycles. The van der Waals surface area contributed by atoms with E-state index in [1.807, 2.05) is 41.0 Å². The molecule has 0 unspecified atom stereocenters. The number of hydrogen-bond acceptors (Lipinski definition) is 9. The number of carbonyl (C=O) groups excluding carboxylic acids is 4. The number of hydrogen-bond donors (Lipinski definition) is 1. The highest BCUT2D eigenvalue weighted by Crippen LogP contribution is 2.37. The number of anilines is 2. The molecule has 7 rings (SSSR count). The van der Waals surface area contributed by atoms with E-state index >= 15 is 0 Å². The van der Waals surface area contributed by atoms with Crippen molar-refractivity contribution in [1.29, 1.82) is 0 Å². The molecule has 55 heavy (non-hydrogen) atoms. The van der Waals surface area contributed by atoms with Gasteiger partial charge in [-0.1, -0.05) is 24.3 Å². The van der Waals surface area contributed by atoms with Gasteiger partial charge in [0, 0.05) is 57.9 Å². The summed E-state index contributed by atoms with van der Waals surface area (Å²) in [7, 11) is 2.06. The summed E-state index contributed by atoms with van der Waals surface area (Å²) in [5.74, 6) is 1.57. The van der Waals surface area contributed by atoms with Gasteiger partial charge in [0.05, 0.1) is 25.4 Å². The molecular weight excluding hydrogens is 700 g/mol. The molecule has 13 heteroatoms. The van der Waals surface area contributed by atoms with Gasteiger partial charge in [0.15, 0.2) is 6.10 Å². The van der Waals surface area contributed by atoms with Crippen molar-refractivity contribution in [3.8, 4) is 5.75 Å². The van der Waals surface area contributed by atoms with Crippen LogP contribution in [0.25, 0.3) is 0 Å². The average Bonchev–Trinajstić information content (AvgIpc) is 3.35. The molecule has 5 aliphatic heterocycles. The highest BCUT2D eigenvalue weighted by molar-refractivity contribution is 5.91. The van der Waals surface area contributed by atoms with Gasteiger partial charge >= 0.3 is 18.1 Å². The molecule has 1 atom stereocenters.